The third-order valence-corrected chi connectivity index (χ3v) is 4.61. The first-order chi connectivity index (χ1) is 10.1. The van der Waals surface area contributed by atoms with Crippen molar-refractivity contribution in [2.75, 3.05) is 14.2 Å². The third kappa shape index (κ3) is 4.45. The lowest BCUT2D eigenvalue weighted by Gasteiger charge is -2.30. The maximum absolute atomic E-state index is 5.39. The molecule has 0 aromatic heterocycles. The summed E-state index contributed by atoms with van der Waals surface area (Å²) in [5.74, 6) is 1.80. The molecule has 3 heteroatoms. The standard InChI is InChI=1S/C18H29NO2/c1-13-5-8-17(9-6-13)19-14(2)15-7-10-18(21-4)16(11-15)12-20-3/h7,10-11,13-14,17,19H,5-6,8-9,12H2,1-4H3. The molecule has 0 bridgehead atoms. The molecule has 2 rings (SSSR count). The fraction of sp³-hybridized carbons (Fsp3) is 0.667. The summed E-state index contributed by atoms with van der Waals surface area (Å²) in [5, 5.41) is 3.78. The predicted octanol–water partition coefficient (Wildman–Crippen LogP) is 4.07. The van der Waals surface area contributed by atoms with E-state index in [1.54, 1.807) is 14.2 Å². The Morgan fingerprint density at radius 2 is 1.90 bits per heavy atom. The molecule has 0 spiro atoms. The van der Waals surface area contributed by atoms with Crippen molar-refractivity contribution in [3.05, 3.63) is 29.3 Å². The highest BCUT2D eigenvalue weighted by Gasteiger charge is 2.20. The Morgan fingerprint density at radius 1 is 1.19 bits per heavy atom. The number of hydrogen-bond donors (Lipinski definition) is 1. The van der Waals surface area contributed by atoms with E-state index in [0.717, 1.165) is 17.2 Å². The van der Waals surface area contributed by atoms with Gasteiger partial charge >= 0.3 is 0 Å². The second kappa shape index (κ2) is 7.81. The molecule has 3 nitrogen and oxygen atoms in total. The van der Waals surface area contributed by atoms with Crippen molar-refractivity contribution in [3.8, 4) is 5.75 Å². The van der Waals surface area contributed by atoms with E-state index in [4.69, 9.17) is 9.47 Å². The van der Waals surface area contributed by atoms with Crippen molar-refractivity contribution in [3.63, 3.8) is 0 Å². The van der Waals surface area contributed by atoms with E-state index in [1.165, 1.54) is 31.2 Å². The van der Waals surface area contributed by atoms with Gasteiger partial charge in [0.05, 0.1) is 13.7 Å². The number of hydrogen-bond acceptors (Lipinski definition) is 3. The molecule has 1 aromatic rings. The van der Waals surface area contributed by atoms with Crippen LogP contribution in [0.15, 0.2) is 18.2 Å². The van der Waals surface area contributed by atoms with Crippen LogP contribution in [-0.4, -0.2) is 20.3 Å². The van der Waals surface area contributed by atoms with Gasteiger partial charge in [-0.25, -0.2) is 0 Å². The fourth-order valence-electron chi connectivity index (χ4n) is 3.21. The maximum atomic E-state index is 5.39. The predicted molar refractivity (Wildman–Crippen MR) is 86.7 cm³/mol. The van der Waals surface area contributed by atoms with Crippen molar-refractivity contribution in [1.82, 2.24) is 5.32 Å². The number of benzene rings is 1. The largest absolute Gasteiger partial charge is 0.496 e. The third-order valence-electron chi connectivity index (χ3n) is 4.61. The Kier molecular flexibility index (Phi) is 6.07. The molecule has 0 saturated heterocycles. The molecular formula is C18H29NO2. The van der Waals surface area contributed by atoms with Gasteiger partial charge in [0.1, 0.15) is 5.75 Å². The molecule has 1 aliphatic rings. The van der Waals surface area contributed by atoms with E-state index in [-0.39, 0.29) is 0 Å². The zero-order valence-electron chi connectivity index (χ0n) is 13.8. The molecule has 0 heterocycles. The summed E-state index contributed by atoms with van der Waals surface area (Å²) < 4.78 is 10.7. The minimum atomic E-state index is 0.366. The molecule has 1 atom stereocenters. The summed E-state index contributed by atoms with van der Waals surface area (Å²) in [5.41, 5.74) is 2.42. The summed E-state index contributed by atoms with van der Waals surface area (Å²) >= 11 is 0. The minimum Gasteiger partial charge on any atom is -0.496 e. The van der Waals surface area contributed by atoms with Crippen molar-refractivity contribution in [2.45, 2.75) is 58.2 Å². The van der Waals surface area contributed by atoms with Crippen LogP contribution in [0.5, 0.6) is 5.75 Å². The average molecular weight is 291 g/mol. The van der Waals surface area contributed by atoms with Gasteiger partial charge in [-0.1, -0.05) is 13.0 Å². The average Bonchev–Trinajstić information content (AvgIpc) is 2.50. The van der Waals surface area contributed by atoms with Crippen LogP contribution in [0.1, 0.15) is 56.7 Å². The molecule has 1 N–H and O–H groups in total. The first kappa shape index (κ1) is 16.3. The van der Waals surface area contributed by atoms with Crippen LogP contribution < -0.4 is 10.1 Å². The van der Waals surface area contributed by atoms with Gasteiger partial charge in [-0.05, 0) is 56.2 Å². The summed E-state index contributed by atoms with van der Waals surface area (Å²) in [6.07, 6.45) is 5.29. The highest BCUT2D eigenvalue weighted by molar-refractivity contribution is 5.38. The number of methoxy groups -OCH3 is 2. The van der Waals surface area contributed by atoms with E-state index in [9.17, 15) is 0 Å². The lowest BCUT2D eigenvalue weighted by molar-refractivity contribution is 0.181. The van der Waals surface area contributed by atoms with Crippen LogP contribution in [0.2, 0.25) is 0 Å². The quantitative estimate of drug-likeness (QED) is 0.857. The molecule has 21 heavy (non-hydrogen) atoms. The normalized spacial score (nSPS) is 23.8. The first-order valence-corrected chi connectivity index (χ1v) is 8.05. The van der Waals surface area contributed by atoms with Gasteiger partial charge in [0.25, 0.3) is 0 Å². The van der Waals surface area contributed by atoms with E-state index in [0.29, 0.717) is 18.7 Å². The van der Waals surface area contributed by atoms with E-state index < -0.39 is 0 Å². The Bertz CT molecular complexity index is 439. The molecule has 1 aromatic carbocycles. The minimum absolute atomic E-state index is 0.366. The SMILES string of the molecule is COCc1cc(C(C)NC2CCC(C)CC2)ccc1OC. The number of rotatable bonds is 6. The van der Waals surface area contributed by atoms with Crippen LogP contribution in [0, 0.1) is 5.92 Å². The van der Waals surface area contributed by atoms with Gasteiger partial charge in [-0.15, -0.1) is 0 Å². The van der Waals surface area contributed by atoms with Crippen LogP contribution >= 0.6 is 0 Å². The van der Waals surface area contributed by atoms with Gasteiger partial charge in [0.15, 0.2) is 0 Å². The number of nitrogens with one attached hydrogen (secondary N) is 1. The number of ether oxygens (including phenoxy) is 2. The second-order valence-electron chi connectivity index (χ2n) is 6.35. The van der Waals surface area contributed by atoms with E-state index in [1.807, 2.05) is 6.07 Å². The lowest BCUT2D eigenvalue weighted by atomic mass is 9.87. The van der Waals surface area contributed by atoms with E-state index in [2.05, 4.69) is 31.3 Å². The Hall–Kier alpha value is -1.06. The monoisotopic (exact) mass is 291 g/mol. The van der Waals surface area contributed by atoms with Gasteiger partial charge in [-0.3, -0.25) is 0 Å². The molecule has 0 aliphatic heterocycles. The van der Waals surface area contributed by atoms with Crippen LogP contribution in [-0.2, 0) is 11.3 Å². The zero-order valence-corrected chi connectivity index (χ0v) is 13.8. The van der Waals surface area contributed by atoms with Gasteiger partial charge in [0, 0.05) is 24.8 Å². The van der Waals surface area contributed by atoms with Crippen LogP contribution in [0.4, 0.5) is 0 Å². The molecule has 0 radical (unpaired) electrons. The summed E-state index contributed by atoms with van der Waals surface area (Å²) in [4.78, 5) is 0. The Morgan fingerprint density at radius 3 is 2.52 bits per heavy atom. The van der Waals surface area contributed by atoms with Gasteiger partial charge in [0.2, 0.25) is 0 Å². The topological polar surface area (TPSA) is 30.5 Å². The Balaban J connectivity index is 2.01. The van der Waals surface area contributed by atoms with Crippen molar-refractivity contribution in [2.24, 2.45) is 5.92 Å². The van der Waals surface area contributed by atoms with Crippen molar-refractivity contribution in [1.29, 1.82) is 0 Å². The molecular weight excluding hydrogens is 262 g/mol. The lowest BCUT2D eigenvalue weighted by Crippen LogP contribution is -2.34. The molecule has 0 amide bonds. The summed E-state index contributed by atoms with van der Waals surface area (Å²) in [6.45, 7) is 5.20. The van der Waals surface area contributed by atoms with Crippen LogP contribution in [0.3, 0.4) is 0 Å². The van der Waals surface area contributed by atoms with Crippen molar-refractivity contribution < 1.29 is 9.47 Å². The van der Waals surface area contributed by atoms with Gasteiger partial charge < -0.3 is 14.8 Å². The summed E-state index contributed by atoms with van der Waals surface area (Å²) in [7, 11) is 3.43. The Labute approximate surface area is 129 Å². The first-order valence-electron chi connectivity index (χ1n) is 8.05. The molecule has 1 aliphatic carbocycles. The molecule has 1 saturated carbocycles. The molecule has 1 unspecified atom stereocenters. The van der Waals surface area contributed by atoms with Crippen molar-refractivity contribution >= 4 is 0 Å². The highest BCUT2D eigenvalue weighted by Crippen LogP contribution is 2.27. The second-order valence-corrected chi connectivity index (χ2v) is 6.35. The molecule has 118 valence electrons. The highest BCUT2D eigenvalue weighted by atomic mass is 16.5. The maximum Gasteiger partial charge on any atom is 0.124 e. The molecule has 1 fully saturated rings. The zero-order chi connectivity index (χ0) is 15.2. The van der Waals surface area contributed by atoms with Crippen LogP contribution in [0.25, 0.3) is 0 Å². The van der Waals surface area contributed by atoms with E-state index >= 15 is 0 Å². The smallest absolute Gasteiger partial charge is 0.124 e. The summed E-state index contributed by atoms with van der Waals surface area (Å²) in [6, 6.07) is 7.42. The fourth-order valence-corrected chi connectivity index (χ4v) is 3.21. The van der Waals surface area contributed by atoms with Gasteiger partial charge in [-0.2, -0.15) is 0 Å².